The Morgan fingerprint density at radius 2 is 2.00 bits per heavy atom. The molecule has 2 aromatic rings. The van der Waals surface area contributed by atoms with Crippen LogP contribution < -0.4 is 0 Å². The third kappa shape index (κ3) is 2.38. The molecule has 106 valence electrons. The highest BCUT2D eigenvalue weighted by atomic mass is 19.4. The summed E-state index contributed by atoms with van der Waals surface area (Å²) in [5.41, 5.74) is -0.405. The number of carboxylic acid groups (broad SMARTS) is 1. The summed E-state index contributed by atoms with van der Waals surface area (Å²) >= 11 is 0. The van der Waals surface area contributed by atoms with Gasteiger partial charge in [-0.25, -0.2) is 4.79 Å². The number of carboxylic acids is 1. The summed E-state index contributed by atoms with van der Waals surface area (Å²) in [7, 11) is 1.68. The van der Waals surface area contributed by atoms with Gasteiger partial charge in [0.25, 0.3) is 0 Å². The van der Waals surface area contributed by atoms with E-state index >= 15 is 0 Å². The van der Waals surface area contributed by atoms with Crippen molar-refractivity contribution in [2.24, 2.45) is 7.05 Å². The molecule has 1 heterocycles. The molecule has 4 nitrogen and oxygen atoms in total. The predicted molar refractivity (Wildman–Crippen MR) is 65.3 cm³/mol. The number of aromatic carboxylic acids is 1. The van der Waals surface area contributed by atoms with Crippen LogP contribution in [0.2, 0.25) is 0 Å². The summed E-state index contributed by atoms with van der Waals surface area (Å²) in [5.74, 6) is -1.60. The van der Waals surface area contributed by atoms with E-state index in [9.17, 15) is 18.0 Å². The van der Waals surface area contributed by atoms with E-state index in [-0.39, 0.29) is 5.56 Å². The van der Waals surface area contributed by atoms with Crippen molar-refractivity contribution in [2.45, 2.75) is 13.1 Å². The quantitative estimate of drug-likeness (QED) is 0.921. The fourth-order valence-electron chi connectivity index (χ4n) is 1.91. The number of carbonyl (C=O) groups is 1. The molecule has 2 rings (SSSR count). The molecule has 0 amide bonds. The summed E-state index contributed by atoms with van der Waals surface area (Å²) < 4.78 is 40.3. The minimum absolute atomic E-state index is 0.285. The fourth-order valence-corrected chi connectivity index (χ4v) is 1.91. The fraction of sp³-hybridized carbons (Fsp3) is 0.231. The van der Waals surface area contributed by atoms with Crippen molar-refractivity contribution < 1.29 is 23.1 Å². The Morgan fingerprint density at radius 3 is 2.45 bits per heavy atom. The van der Waals surface area contributed by atoms with Gasteiger partial charge in [0.15, 0.2) is 0 Å². The molecule has 7 heteroatoms. The average Bonchev–Trinajstić information content (AvgIpc) is 2.68. The van der Waals surface area contributed by atoms with Crippen molar-refractivity contribution in [3.8, 4) is 11.1 Å². The number of aryl methyl sites for hydroxylation is 1. The molecule has 0 aliphatic carbocycles. The zero-order valence-corrected chi connectivity index (χ0v) is 10.7. The van der Waals surface area contributed by atoms with E-state index < -0.39 is 23.3 Å². The van der Waals surface area contributed by atoms with Gasteiger partial charge in [-0.3, -0.25) is 4.68 Å². The monoisotopic (exact) mass is 284 g/mol. The lowest BCUT2D eigenvalue weighted by molar-refractivity contribution is -0.138. The van der Waals surface area contributed by atoms with Gasteiger partial charge in [0.1, 0.15) is 0 Å². The van der Waals surface area contributed by atoms with Gasteiger partial charge in [0, 0.05) is 18.3 Å². The Morgan fingerprint density at radius 1 is 1.35 bits per heavy atom. The van der Waals surface area contributed by atoms with E-state index in [1.807, 2.05) is 0 Å². The molecule has 0 radical (unpaired) electrons. The van der Waals surface area contributed by atoms with Gasteiger partial charge in [-0.1, -0.05) is 6.07 Å². The van der Waals surface area contributed by atoms with Crippen LogP contribution in [0.5, 0.6) is 0 Å². The highest BCUT2D eigenvalue weighted by Crippen LogP contribution is 2.35. The molecule has 0 aliphatic heterocycles. The Hall–Kier alpha value is -2.31. The molecule has 0 spiro atoms. The van der Waals surface area contributed by atoms with Crippen LogP contribution in [0, 0.1) is 6.92 Å². The van der Waals surface area contributed by atoms with Gasteiger partial charge in [0.2, 0.25) is 0 Å². The first-order valence-corrected chi connectivity index (χ1v) is 5.65. The van der Waals surface area contributed by atoms with E-state index in [4.69, 9.17) is 5.11 Å². The molecule has 0 bridgehead atoms. The largest absolute Gasteiger partial charge is 0.478 e. The second-order valence-corrected chi connectivity index (χ2v) is 4.33. The first-order chi connectivity index (χ1) is 9.21. The average molecular weight is 284 g/mol. The number of halogens is 3. The van der Waals surface area contributed by atoms with Gasteiger partial charge in [-0.15, -0.1) is 0 Å². The zero-order chi connectivity index (χ0) is 15.1. The minimum Gasteiger partial charge on any atom is -0.478 e. The molecule has 0 aliphatic rings. The van der Waals surface area contributed by atoms with Gasteiger partial charge >= 0.3 is 12.1 Å². The van der Waals surface area contributed by atoms with Crippen molar-refractivity contribution in [1.82, 2.24) is 9.78 Å². The van der Waals surface area contributed by atoms with Crippen LogP contribution in [0.3, 0.4) is 0 Å². The normalized spacial score (nSPS) is 11.7. The molecular weight excluding hydrogens is 273 g/mol. The Balaban J connectivity index is 2.64. The zero-order valence-electron chi connectivity index (χ0n) is 10.7. The Kier molecular flexibility index (Phi) is 3.29. The Bertz CT molecular complexity index is 675. The molecule has 0 atom stereocenters. The van der Waals surface area contributed by atoms with Crippen molar-refractivity contribution in [3.05, 3.63) is 41.2 Å². The lowest BCUT2D eigenvalue weighted by atomic mass is 9.99. The summed E-state index contributed by atoms with van der Waals surface area (Å²) in [6.07, 6.45) is -3.27. The molecule has 20 heavy (non-hydrogen) atoms. The van der Waals surface area contributed by atoms with Crippen molar-refractivity contribution in [2.75, 3.05) is 0 Å². The molecule has 1 aromatic carbocycles. The second kappa shape index (κ2) is 4.66. The summed E-state index contributed by atoms with van der Waals surface area (Å²) in [6, 6.07) is 3.16. The van der Waals surface area contributed by atoms with Crippen LogP contribution >= 0.6 is 0 Å². The molecule has 1 N–H and O–H groups in total. The number of hydrogen-bond acceptors (Lipinski definition) is 2. The SMILES string of the molecule is Cc1c(-c2ccc(C(=O)O)c(C(F)(F)F)c2)cnn1C. The molecular formula is C13H11F3N2O2. The molecule has 0 unspecified atom stereocenters. The van der Waals surface area contributed by atoms with Crippen LogP contribution in [-0.2, 0) is 13.2 Å². The predicted octanol–water partition coefficient (Wildman–Crippen LogP) is 3.11. The maximum absolute atomic E-state index is 12.9. The maximum atomic E-state index is 12.9. The van der Waals surface area contributed by atoms with Gasteiger partial charge in [0.05, 0.1) is 17.3 Å². The Labute approximate surface area is 112 Å². The maximum Gasteiger partial charge on any atom is 0.417 e. The highest BCUT2D eigenvalue weighted by molar-refractivity contribution is 5.90. The molecule has 0 saturated carbocycles. The van der Waals surface area contributed by atoms with Crippen LogP contribution in [0.4, 0.5) is 13.2 Å². The van der Waals surface area contributed by atoms with E-state index in [0.717, 1.165) is 12.1 Å². The van der Waals surface area contributed by atoms with Crippen LogP contribution in [-0.4, -0.2) is 20.9 Å². The third-order valence-corrected chi connectivity index (χ3v) is 3.10. The van der Waals surface area contributed by atoms with Crippen LogP contribution in [0.15, 0.2) is 24.4 Å². The van der Waals surface area contributed by atoms with Crippen molar-refractivity contribution >= 4 is 5.97 Å². The minimum atomic E-state index is -4.72. The molecule has 0 fully saturated rings. The number of nitrogens with zero attached hydrogens (tertiary/aromatic N) is 2. The lowest BCUT2D eigenvalue weighted by Gasteiger charge is -2.12. The first-order valence-electron chi connectivity index (χ1n) is 5.65. The lowest BCUT2D eigenvalue weighted by Crippen LogP contribution is -2.13. The number of rotatable bonds is 2. The number of aromatic nitrogens is 2. The number of alkyl halides is 3. The van der Waals surface area contributed by atoms with Crippen LogP contribution in [0.25, 0.3) is 11.1 Å². The highest BCUT2D eigenvalue weighted by Gasteiger charge is 2.35. The summed E-state index contributed by atoms with van der Waals surface area (Å²) in [6.45, 7) is 1.72. The number of benzene rings is 1. The van der Waals surface area contributed by atoms with Crippen molar-refractivity contribution in [1.29, 1.82) is 0 Å². The standard InChI is InChI=1S/C13H11F3N2O2/c1-7-10(6-17-18(7)2)8-3-4-9(12(19)20)11(5-8)13(14,15)16/h3-6H,1-2H3,(H,19,20). The first kappa shape index (κ1) is 14.1. The molecule has 1 aromatic heterocycles. The van der Waals surface area contributed by atoms with Gasteiger partial charge in [-0.05, 0) is 24.6 Å². The van der Waals surface area contributed by atoms with Gasteiger partial charge in [-0.2, -0.15) is 18.3 Å². The van der Waals surface area contributed by atoms with E-state index in [1.54, 1.807) is 14.0 Å². The van der Waals surface area contributed by atoms with Crippen LogP contribution in [0.1, 0.15) is 21.6 Å². The smallest absolute Gasteiger partial charge is 0.417 e. The van der Waals surface area contributed by atoms with Gasteiger partial charge < -0.3 is 5.11 Å². The topological polar surface area (TPSA) is 55.1 Å². The van der Waals surface area contributed by atoms with E-state index in [2.05, 4.69) is 5.10 Å². The van der Waals surface area contributed by atoms with E-state index in [1.165, 1.54) is 16.9 Å². The molecule has 0 saturated heterocycles. The third-order valence-electron chi connectivity index (χ3n) is 3.10. The number of hydrogen-bond donors (Lipinski definition) is 1. The van der Waals surface area contributed by atoms with E-state index in [0.29, 0.717) is 11.3 Å². The van der Waals surface area contributed by atoms with Crippen molar-refractivity contribution in [3.63, 3.8) is 0 Å². The second-order valence-electron chi connectivity index (χ2n) is 4.33. The summed E-state index contributed by atoms with van der Waals surface area (Å²) in [4.78, 5) is 10.9. The summed E-state index contributed by atoms with van der Waals surface area (Å²) in [5, 5.41) is 12.8.